The minimum atomic E-state index is -0.988. The highest BCUT2D eigenvalue weighted by Gasteiger charge is 2.21. The van der Waals surface area contributed by atoms with Crippen LogP contribution in [0.5, 0.6) is 0 Å². The molecule has 0 radical (unpaired) electrons. The molecule has 4 heteroatoms. The summed E-state index contributed by atoms with van der Waals surface area (Å²) >= 11 is 0. The molecule has 0 aliphatic rings. The van der Waals surface area contributed by atoms with Crippen molar-refractivity contribution in [2.75, 3.05) is 0 Å². The lowest BCUT2D eigenvalue weighted by molar-refractivity contribution is 0.646. The van der Waals surface area contributed by atoms with Gasteiger partial charge in [0.1, 0.15) is 5.03 Å². The lowest BCUT2D eigenvalue weighted by Crippen LogP contribution is -2.21. The summed E-state index contributed by atoms with van der Waals surface area (Å²) < 4.78 is 11.4. The van der Waals surface area contributed by atoms with Crippen molar-refractivity contribution in [1.29, 1.82) is 0 Å². The Balaban J connectivity index is 2.88. The van der Waals surface area contributed by atoms with Crippen LogP contribution in [0.4, 0.5) is 0 Å². The van der Waals surface area contributed by atoms with Crippen molar-refractivity contribution in [3.63, 3.8) is 0 Å². The SMILES string of the molecule is CC(C)(C)S(=O)c1cnc[nH]1. The Labute approximate surface area is 68.7 Å². The Hall–Kier alpha value is -0.640. The van der Waals surface area contributed by atoms with E-state index in [4.69, 9.17) is 0 Å². The fourth-order valence-corrected chi connectivity index (χ4v) is 1.65. The Morgan fingerprint density at radius 3 is 2.55 bits per heavy atom. The maximum absolute atomic E-state index is 11.6. The van der Waals surface area contributed by atoms with Crippen LogP contribution >= 0.6 is 0 Å². The van der Waals surface area contributed by atoms with Crippen LogP contribution in [-0.2, 0) is 10.8 Å². The van der Waals surface area contributed by atoms with Crippen LogP contribution in [0.2, 0.25) is 0 Å². The van der Waals surface area contributed by atoms with Crippen molar-refractivity contribution in [2.24, 2.45) is 0 Å². The Bertz CT molecular complexity index is 248. The molecule has 0 spiro atoms. The van der Waals surface area contributed by atoms with Gasteiger partial charge in [-0.3, -0.25) is 4.21 Å². The zero-order valence-electron chi connectivity index (χ0n) is 6.92. The fourth-order valence-electron chi connectivity index (χ4n) is 0.674. The summed E-state index contributed by atoms with van der Waals surface area (Å²) in [6.07, 6.45) is 3.14. The quantitative estimate of drug-likeness (QED) is 0.694. The van der Waals surface area contributed by atoms with Gasteiger partial charge in [0, 0.05) is 4.75 Å². The van der Waals surface area contributed by atoms with Crippen molar-refractivity contribution in [1.82, 2.24) is 9.97 Å². The molecule has 0 saturated heterocycles. The van der Waals surface area contributed by atoms with E-state index >= 15 is 0 Å². The molecule has 0 bridgehead atoms. The highest BCUT2D eigenvalue weighted by molar-refractivity contribution is 7.86. The Morgan fingerprint density at radius 2 is 2.18 bits per heavy atom. The van der Waals surface area contributed by atoms with Gasteiger partial charge in [-0.25, -0.2) is 4.98 Å². The van der Waals surface area contributed by atoms with Crippen LogP contribution < -0.4 is 0 Å². The molecule has 1 unspecified atom stereocenters. The molecule has 0 fully saturated rings. The maximum Gasteiger partial charge on any atom is 0.124 e. The zero-order valence-corrected chi connectivity index (χ0v) is 7.73. The largest absolute Gasteiger partial charge is 0.338 e. The smallest absolute Gasteiger partial charge is 0.124 e. The first kappa shape index (κ1) is 8.46. The first-order valence-corrected chi connectivity index (χ1v) is 4.57. The number of nitrogens with zero attached hydrogens (tertiary/aromatic N) is 1. The van der Waals surface area contributed by atoms with E-state index in [0.717, 1.165) is 0 Å². The van der Waals surface area contributed by atoms with Gasteiger partial charge in [0.15, 0.2) is 0 Å². The van der Waals surface area contributed by atoms with Gasteiger partial charge in [-0.15, -0.1) is 0 Å². The van der Waals surface area contributed by atoms with Crippen LogP contribution in [0, 0.1) is 0 Å². The number of nitrogens with one attached hydrogen (secondary N) is 1. The second kappa shape index (κ2) is 2.77. The van der Waals surface area contributed by atoms with Crippen LogP contribution in [0.15, 0.2) is 17.6 Å². The predicted octanol–water partition coefficient (Wildman–Crippen LogP) is 1.32. The Morgan fingerprint density at radius 1 is 1.55 bits per heavy atom. The van der Waals surface area contributed by atoms with E-state index in [0.29, 0.717) is 5.03 Å². The molecule has 62 valence electrons. The number of hydrogen-bond acceptors (Lipinski definition) is 2. The molecule has 0 aromatic carbocycles. The molecular weight excluding hydrogens is 160 g/mol. The molecule has 0 amide bonds. The van der Waals surface area contributed by atoms with Crippen molar-refractivity contribution in [3.05, 3.63) is 12.5 Å². The Kier molecular flexibility index (Phi) is 2.13. The molecule has 0 saturated carbocycles. The summed E-state index contributed by atoms with van der Waals surface area (Å²) in [7, 11) is -0.988. The third kappa shape index (κ3) is 1.89. The molecule has 1 N–H and O–H groups in total. The molecule has 1 atom stereocenters. The number of aromatic nitrogens is 2. The highest BCUT2D eigenvalue weighted by atomic mass is 32.2. The fraction of sp³-hybridized carbons (Fsp3) is 0.571. The van der Waals surface area contributed by atoms with E-state index in [1.165, 1.54) is 0 Å². The maximum atomic E-state index is 11.6. The topological polar surface area (TPSA) is 45.8 Å². The summed E-state index contributed by atoms with van der Waals surface area (Å²) in [4.78, 5) is 6.64. The molecule has 1 aromatic rings. The van der Waals surface area contributed by atoms with Gasteiger partial charge >= 0.3 is 0 Å². The van der Waals surface area contributed by atoms with Crippen molar-refractivity contribution in [2.45, 2.75) is 30.5 Å². The highest BCUT2D eigenvalue weighted by Crippen LogP contribution is 2.17. The summed E-state index contributed by atoms with van der Waals surface area (Å²) in [5.41, 5.74) is 0. The second-order valence-corrected chi connectivity index (χ2v) is 5.50. The number of imidazole rings is 1. The van der Waals surface area contributed by atoms with Crippen LogP contribution in [0.25, 0.3) is 0 Å². The van der Waals surface area contributed by atoms with Gasteiger partial charge in [0.2, 0.25) is 0 Å². The minimum Gasteiger partial charge on any atom is -0.338 e. The van der Waals surface area contributed by atoms with Gasteiger partial charge in [-0.2, -0.15) is 0 Å². The van der Waals surface area contributed by atoms with Crippen molar-refractivity contribution in [3.8, 4) is 0 Å². The average Bonchev–Trinajstić information content (AvgIpc) is 2.34. The van der Waals surface area contributed by atoms with E-state index < -0.39 is 10.8 Å². The normalized spacial score (nSPS) is 14.8. The number of rotatable bonds is 1. The molecule has 11 heavy (non-hydrogen) atoms. The summed E-state index contributed by atoms with van der Waals surface area (Å²) in [5.74, 6) is 0. The monoisotopic (exact) mass is 172 g/mol. The van der Waals surface area contributed by atoms with E-state index in [1.54, 1.807) is 12.5 Å². The minimum absolute atomic E-state index is 0.216. The molecule has 0 aliphatic carbocycles. The average molecular weight is 172 g/mol. The molecule has 3 nitrogen and oxygen atoms in total. The number of hydrogen-bond donors (Lipinski definition) is 1. The lowest BCUT2D eigenvalue weighted by atomic mass is 10.3. The lowest BCUT2D eigenvalue weighted by Gasteiger charge is -2.15. The molecule has 0 aliphatic heterocycles. The van der Waals surface area contributed by atoms with Crippen LogP contribution in [-0.4, -0.2) is 18.9 Å². The molecule has 1 rings (SSSR count). The van der Waals surface area contributed by atoms with Crippen molar-refractivity contribution >= 4 is 10.8 Å². The van der Waals surface area contributed by atoms with Crippen LogP contribution in [0.3, 0.4) is 0 Å². The van der Waals surface area contributed by atoms with E-state index in [1.807, 2.05) is 20.8 Å². The van der Waals surface area contributed by atoms with Gasteiger partial charge < -0.3 is 4.98 Å². The van der Waals surface area contributed by atoms with Crippen LogP contribution in [0.1, 0.15) is 20.8 Å². The number of aromatic amines is 1. The molecule has 1 heterocycles. The van der Waals surface area contributed by atoms with Gasteiger partial charge in [0.25, 0.3) is 0 Å². The third-order valence-electron chi connectivity index (χ3n) is 1.23. The first-order chi connectivity index (χ1) is 5.02. The zero-order chi connectivity index (χ0) is 8.48. The predicted molar refractivity (Wildman–Crippen MR) is 44.7 cm³/mol. The third-order valence-corrected chi connectivity index (χ3v) is 2.96. The van der Waals surface area contributed by atoms with Gasteiger partial charge in [0.05, 0.1) is 23.3 Å². The van der Waals surface area contributed by atoms with Gasteiger partial charge in [-0.05, 0) is 20.8 Å². The van der Waals surface area contributed by atoms with Gasteiger partial charge in [-0.1, -0.05) is 0 Å². The molecule has 1 aromatic heterocycles. The summed E-state index contributed by atoms with van der Waals surface area (Å²) in [6, 6.07) is 0. The molecular formula is C7H12N2OS. The van der Waals surface area contributed by atoms with Crippen molar-refractivity contribution < 1.29 is 4.21 Å². The standard InChI is InChI=1S/C7H12N2OS/c1-7(2,3)11(10)6-4-8-5-9-6/h4-5H,1-3H3,(H,8,9). The first-order valence-electron chi connectivity index (χ1n) is 3.42. The summed E-state index contributed by atoms with van der Waals surface area (Å²) in [6.45, 7) is 5.80. The van der Waals surface area contributed by atoms with E-state index in [2.05, 4.69) is 9.97 Å². The van der Waals surface area contributed by atoms with E-state index in [-0.39, 0.29) is 4.75 Å². The number of H-pyrrole nitrogens is 1. The second-order valence-electron chi connectivity index (χ2n) is 3.30. The summed E-state index contributed by atoms with van der Waals surface area (Å²) in [5, 5.41) is 0.692. The van der Waals surface area contributed by atoms with E-state index in [9.17, 15) is 4.21 Å².